The van der Waals surface area contributed by atoms with E-state index in [0.29, 0.717) is 17.8 Å². The smallest absolute Gasteiger partial charge is 0.170 e. The minimum Gasteiger partial charge on any atom is -0.485 e. The molecule has 0 N–H and O–H groups in total. The predicted octanol–water partition coefficient (Wildman–Crippen LogP) is 4.03. The second-order valence-electron chi connectivity index (χ2n) is 4.71. The summed E-state index contributed by atoms with van der Waals surface area (Å²) in [6.45, 7) is 5.79. The molecule has 2 rings (SSSR count). The molecule has 1 heterocycles. The molecule has 19 heavy (non-hydrogen) atoms. The Balaban J connectivity index is 2.24. The van der Waals surface area contributed by atoms with Crippen LogP contribution in [0, 0.1) is 0 Å². The number of carbonyl (C=O) groups is 1. The molecule has 0 radical (unpaired) electrons. The molecule has 0 saturated carbocycles. The molecular formula is C17H20O2. The SMILES string of the molecule is C=CC1=C(/C=C\CC)C(=O)CC(C2=CCCC=C2)O1. The summed E-state index contributed by atoms with van der Waals surface area (Å²) in [5, 5.41) is 0. The van der Waals surface area contributed by atoms with Crippen LogP contribution in [0.25, 0.3) is 0 Å². The molecule has 100 valence electrons. The lowest BCUT2D eigenvalue weighted by molar-refractivity contribution is -0.118. The van der Waals surface area contributed by atoms with Crippen molar-refractivity contribution in [1.29, 1.82) is 0 Å². The van der Waals surface area contributed by atoms with Gasteiger partial charge in [-0.1, -0.05) is 43.9 Å². The highest BCUT2D eigenvalue weighted by Gasteiger charge is 2.28. The summed E-state index contributed by atoms with van der Waals surface area (Å²) in [7, 11) is 0. The summed E-state index contributed by atoms with van der Waals surface area (Å²) >= 11 is 0. The average Bonchev–Trinajstić information content (AvgIpc) is 2.46. The summed E-state index contributed by atoms with van der Waals surface area (Å²) in [6, 6.07) is 0. The second-order valence-corrected chi connectivity index (χ2v) is 4.71. The number of ketones is 1. The van der Waals surface area contributed by atoms with E-state index in [9.17, 15) is 4.79 Å². The van der Waals surface area contributed by atoms with Crippen LogP contribution in [0.3, 0.4) is 0 Å². The van der Waals surface area contributed by atoms with Gasteiger partial charge in [0.15, 0.2) is 5.78 Å². The van der Waals surface area contributed by atoms with Gasteiger partial charge in [-0.25, -0.2) is 0 Å². The fourth-order valence-electron chi connectivity index (χ4n) is 2.30. The number of ether oxygens (including phenoxy) is 1. The fourth-order valence-corrected chi connectivity index (χ4v) is 2.30. The second kappa shape index (κ2) is 6.37. The highest BCUT2D eigenvalue weighted by Crippen LogP contribution is 2.29. The molecule has 2 aliphatic rings. The quantitative estimate of drug-likeness (QED) is 0.759. The average molecular weight is 256 g/mol. The summed E-state index contributed by atoms with van der Waals surface area (Å²) in [5.74, 6) is 0.738. The number of Topliss-reactive ketones (excluding diaryl/α,β-unsaturated/α-hetero) is 1. The third kappa shape index (κ3) is 3.14. The van der Waals surface area contributed by atoms with Gasteiger partial charge < -0.3 is 4.74 Å². The van der Waals surface area contributed by atoms with E-state index in [2.05, 4.69) is 24.8 Å². The number of hydrogen-bond donors (Lipinski definition) is 0. The van der Waals surface area contributed by atoms with Crippen molar-refractivity contribution >= 4 is 5.78 Å². The Labute approximate surface area is 114 Å². The molecule has 0 bridgehead atoms. The van der Waals surface area contributed by atoms with Crippen LogP contribution >= 0.6 is 0 Å². The molecule has 0 aromatic heterocycles. The first kappa shape index (κ1) is 13.6. The van der Waals surface area contributed by atoms with E-state index in [1.54, 1.807) is 6.08 Å². The van der Waals surface area contributed by atoms with Gasteiger partial charge in [0, 0.05) is 0 Å². The topological polar surface area (TPSA) is 26.3 Å². The van der Waals surface area contributed by atoms with Gasteiger partial charge in [-0.3, -0.25) is 4.79 Å². The van der Waals surface area contributed by atoms with E-state index in [4.69, 9.17) is 4.74 Å². The van der Waals surface area contributed by atoms with Gasteiger partial charge >= 0.3 is 0 Å². The molecule has 2 nitrogen and oxygen atoms in total. The van der Waals surface area contributed by atoms with Crippen LogP contribution < -0.4 is 0 Å². The molecule has 1 aliphatic heterocycles. The molecule has 2 heteroatoms. The van der Waals surface area contributed by atoms with Crippen LogP contribution in [0.1, 0.15) is 32.6 Å². The zero-order valence-electron chi connectivity index (χ0n) is 11.4. The van der Waals surface area contributed by atoms with Crippen LogP contribution in [0.5, 0.6) is 0 Å². The number of rotatable bonds is 4. The minimum absolute atomic E-state index is 0.135. The van der Waals surface area contributed by atoms with Gasteiger partial charge in [0.2, 0.25) is 0 Å². The molecule has 0 aromatic rings. The summed E-state index contributed by atoms with van der Waals surface area (Å²) in [4.78, 5) is 12.2. The fraction of sp³-hybridized carbons (Fsp3) is 0.353. The van der Waals surface area contributed by atoms with Crippen molar-refractivity contribution in [3.05, 3.63) is 59.9 Å². The van der Waals surface area contributed by atoms with Crippen molar-refractivity contribution in [2.75, 3.05) is 0 Å². The lowest BCUT2D eigenvalue weighted by Crippen LogP contribution is -2.26. The Hall–Kier alpha value is -1.83. The van der Waals surface area contributed by atoms with E-state index in [1.165, 1.54) is 0 Å². The number of carbonyl (C=O) groups excluding carboxylic acids is 1. The van der Waals surface area contributed by atoms with Gasteiger partial charge in [0.05, 0.1) is 12.0 Å². The Morgan fingerprint density at radius 1 is 1.47 bits per heavy atom. The standard InChI is InChI=1S/C17H20O2/c1-3-5-11-14-15(18)12-17(19-16(14)4-2)13-9-7-6-8-10-13/h4-5,7,9-11,17H,2-3,6,8,12H2,1H3/b11-5-. The molecular weight excluding hydrogens is 236 g/mol. The third-order valence-electron chi connectivity index (χ3n) is 3.31. The van der Waals surface area contributed by atoms with E-state index in [1.807, 2.05) is 19.1 Å². The van der Waals surface area contributed by atoms with Crippen LogP contribution in [0.2, 0.25) is 0 Å². The van der Waals surface area contributed by atoms with E-state index >= 15 is 0 Å². The Morgan fingerprint density at radius 2 is 2.32 bits per heavy atom. The highest BCUT2D eigenvalue weighted by atomic mass is 16.5. The molecule has 1 aliphatic carbocycles. The third-order valence-corrected chi connectivity index (χ3v) is 3.31. The van der Waals surface area contributed by atoms with Crippen molar-refractivity contribution in [2.45, 2.75) is 38.7 Å². The molecule has 0 saturated heterocycles. The first-order valence-electron chi connectivity index (χ1n) is 6.86. The maximum atomic E-state index is 12.2. The zero-order valence-corrected chi connectivity index (χ0v) is 11.4. The van der Waals surface area contributed by atoms with Gasteiger partial charge in [0.25, 0.3) is 0 Å². The summed E-state index contributed by atoms with van der Waals surface area (Å²) in [6.07, 6.45) is 15.1. The first-order valence-corrected chi connectivity index (χ1v) is 6.86. The monoisotopic (exact) mass is 256 g/mol. The molecule has 0 amide bonds. The first-order chi connectivity index (χ1) is 9.26. The summed E-state index contributed by atoms with van der Waals surface area (Å²) < 4.78 is 5.93. The molecule has 0 spiro atoms. The molecule has 0 fully saturated rings. The largest absolute Gasteiger partial charge is 0.485 e. The normalized spacial score (nSPS) is 23.5. The molecule has 1 unspecified atom stereocenters. The highest BCUT2D eigenvalue weighted by molar-refractivity contribution is 6.00. The van der Waals surface area contributed by atoms with Gasteiger partial charge in [0.1, 0.15) is 11.9 Å². The van der Waals surface area contributed by atoms with Crippen molar-refractivity contribution in [2.24, 2.45) is 0 Å². The van der Waals surface area contributed by atoms with Gasteiger partial charge in [-0.15, -0.1) is 0 Å². The molecule has 0 aromatic carbocycles. The summed E-state index contributed by atoms with van der Waals surface area (Å²) in [5.41, 5.74) is 1.76. The van der Waals surface area contributed by atoms with E-state index in [0.717, 1.165) is 24.8 Å². The van der Waals surface area contributed by atoms with Crippen molar-refractivity contribution < 1.29 is 9.53 Å². The van der Waals surface area contributed by atoms with Crippen molar-refractivity contribution in [3.8, 4) is 0 Å². The predicted molar refractivity (Wildman–Crippen MR) is 77.6 cm³/mol. The van der Waals surface area contributed by atoms with Crippen LogP contribution in [-0.2, 0) is 9.53 Å². The van der Waals surface area contributed by atoms with E-state index < -0.39 is 0 Å². The maximum Gasteiger partial charge on any atom is 0.170 e. The number of allylic oxidation sites excluding steroid dienone is 6. The number of hydrogen-bond acceptors (Lipinski definition) is 2. The molecule has 1 atom stereocenters. The Kier molecular flexibility index (Phi) is 4.56. The Bertz CT molecular complexity index is 489. The van der Waals surface area contributed by atoms with Gasteiger partial charge in [-0.2, -0.15) is 0 Å². The van der Waals surface area contributed by atoms with Crippen LogP contribution in [0.15, 0.2) is 59.9 Å². The maximum absolute atomic E-state index is 12.2. The van der Waals surface area contributed by atoms with Crippen molar-refractivity contribution in [1.82, 2.24) is 0 Å². The van der Waals surface area contributed by atoms with Gasteiger partial charge in [-0.05, 0) is 30.9 Å². The zero-order chi connectivity index (χ0) is 13.7. The van der Waals surface area contributed by atoms with Crippen LogP contribution in [-0.4, -0.2) is 11.9 Å². The lowest BCUT2D eigenvalue weighted by Gasteiger charge is -2.27. The van der Waals surface area contributed by atoms with E-state index in [-0.39, 0.29) is 11.9 Å². The lowest BCUT2D eigenvalue weighted by atomic mass is 9.93. The van der Waals surface area contributed by atoms with Crippen LogP contribution in [0.4, 0.5) is 0 Å². The van der Waals surface area contributed by atoms with Crippen molar-refractivity contribution in [3.63, 3.8) is 0 Å². The minimum atomic E-state index is -0.157. The Morgan fingerprint density at radius 3 is 2.95 bits per heavy atom.